The first-order chi connectivity index (χ1) is 12.3. The molecule has 0 fully saturated rings. The first-order valence-electron chi connectivity index (χ1n) is 7.41. The molecule has 0 saturated carbocycles. The van der Waals surface area contributed by atoms with Gasteiger partial charge in [-0.15, -0.1) is 0 Å². The van der Waals surface area contributed by atoms with Gasteiger partial charge in [-0.2, -0.15) is 8.42 Å². The topological polar surface area (TPSA) is 118 Å². The second kappa shape index (κ2) is 7.90. The Morgan fingerprint density at radius 1 is 1.07 bits per heavy atom. The summed E-state index contributed by atoms with van der Waals surface area (Å²) in [5.74, 6) is 0. The summed E-state index contributed by atoms with van der Waals surface area (Å²) in [5, 5.41) is 22.2. The minimum absolute atomic E-state index is 0.188. The van der Waals surface area contributed by atoms with E-state index in [0.29, 0.717) is 5.56 Å². The highest BCUT2D eigenvalue weighted by atomic mass is 35.6. The fourth-order valence-electron chi connectivity index (χ4n) is 2.73. The Morgan fingerprint density at radius 3 is 2.15 bits per heavy atom. The summed E-state index contributed by atoms with van der Waals surface area (Å²) in [4.78, 5) is 9.74. The van der Waals surface area contributed by atoms with Gasteiger partial charge in [0.05, 0.1) is 15.4 Å². The minimum Gasteiger partial charge on any atom is -0.385 e. The second-order valence-corrected chi connectivity index (χ2v) is 9.80. The number of hydrogen-bond donors (Lipinski definition) is 2. The van der Waals surface area contributed by atoms with Crippen molar-refractivity contribution in [2.24, 2.45) is 0 Å². The van der Waals surface area contributed by atoms with Crippen molar-refractivity contribution in [3.63, 3.8) is 0 Å². The van der Waals surface area contributed by atoms with Crippen molar-refractivity contribution < 1.29 is 23.0 Å². The summed E-state index contributed by atoms with van der Waals surface area (Å²) in [6, 6.07) is 10.8. The molecule has 0 saturated heterocycles. The van der Waals surface area contributed by atoms with Crippen LogP contribution < -0.4 is 0 Å². The third-order valence-corrected chi connectivity index (χ3v) is 5.17. The standard InChI is InChI=1S/C16H14Cl3NO6S/c17-16(18,19)10-15(21,12-4-2-1-3-5-12)9-11-8-13(20(22)23)6-7-14(11)27(24,25)26/h1-8,21H,9-10H2,(H,24,25,26). The van der Waals surface area contributed by atoms with Crippen molar-refractivity contribution in [2.45, 2.75) is 27.1 Å². The van der Waals surface area contributed by atoms with E-state index in [9.17, 15) is 28.2 Å². The van der Waals surface area contributed by atoms with E-state index in [-0.39, 0.29) is 5.56 Å². The van der Waals surface area contributed by atoms with Gasteiger partial charge >= 0.3 is 0 Å². The summed E-state index contributed by atoms with van der Waals surface area (Å²) in [5.41, 5.74) is -2.17. The number of benzene rings is 2. The Bertz CT molecular complexity index is 946. The summed E-state index contributed by atoms with van der Waals surface area (Å²) in [7, 11) is -4.71. The lowest BCUT2D eigenvalue weighted by Gasteiger charge is -2.32. The summed E-state index contributed by atoms with van der Waals surface area (Å²) < 4.78 is 30.9. The van der Waals surface area contributed by atoms with Crippen LogP contribution in [0.15, 0.2) is 53.4 Å². The number of aliphatic hydroxyl groups is 1. The van der Waals surface area contributed by atoms with Gasteiger partial charge in [0.25, 0.3) is 15.8 Å². The van der Waals surface area contributed by atoms with Gasteiger partial charge in [-0.05, 0) is 17.2 Å². The molecule has 146 valence electrons. The van der Waals surface area contributed by atoms with Crippen molar-refractivity contribution in [3.05, 3.63) is 69.8 Å². The number of nitro benzene ring substituents is 1. The highest BCUT2D eigenvalue weighted by Crippen LogP contribution is 2.42. The zero-order valence-corrected chi connectivity index (χ0v) is 16.6. The quantitative estimate of drug-likeness (QED) is 0.294. The first kappa shape index (κ1) is 21.9. The molecule has 2 aromatic rings. The predicted octanol–water partition coefficient (Wildman–Crippen LogP) is 4.03. The molecule has 0 bridgehead atoms. The number of non-ortho nitro benzene ring substituents is 1. The minimum atomic E-state index is -4.71. The average Bonchev–Trinajstić information content (AvgIpc) is 2.52. The van der Waals surface area contributed by atoms with Crippen molar-refractivity contribution in [1.82, 2.24) is 0 Å². The Kier molecular flexibility index (Phi) is 6.40. The van der Waals surface area contributed by atoms with Crippen LogP contribution in [0.2, 0.25) is 0 Å². The monoisotopic (exact) mass is 453 g/mol. The fraction of sp³-hybridized carbons (Fsp3) is 0.250. The number of halogens is 3. The zero-order valence-electron chi connectivity index (χ0n) is 13.5. The SMILES string of the molecule is O=[N+]([O-])c1ccc(S(=O)(=O)O)c(CC(O)(CC(Cl)(Cl)Cl)c2ccccc2)c1. The number of rotatable bonds is 6. The molecule has 2 N–H and O–H groups in total. The molecular formula is C16H14Cl3NO6S. The summed E-state index contributed by atoms with van der Waals surface area (Å²) in [6.45, 7) is 0. The van der Waals surface area contributed by atoms with Crippen LogP contribution in [0.4, 0.5) is 5.69 Å². The molecule has 0 aromatic heterocycles. The van der Waals surface area contributed by atoms with Gasteiger partial charge < -0.3 is 5.11 Å². The molecule has 0 aliphatic rings. The molecule has 0 aliphatic carbocycles. The highest BCUT2D eigenvalue weighted by Gasteiger charge is 2.39. The van der Waals surface area contributed by atoms with E-state index < -0.39 is 47.9 Å². The van der Waals surface area contributed by atoms with Crippen molar-refractivity contribution >= 4 is 50.6 Å². The van der Waals surface area contributed by atoms with Gasteiger partial charge in [0.1, 0.15) is 0 Å². The molecule has 0 heterocycles. The zero-order chi connectivity index (χ0) is 20.5. The number of alkyl halides is 3. The molecule has 2 rings (SSSR count). The van der Waals surface area contributed by atoms with Crippen LogP contribution in [0.25, 0.3) is 0 Å². The summed E-state index contributed by atoms with van der Waals surface area (Å²) in [6.07, 6.45) is -0.885. The van der Waals surface area contributed by atoms with Crippen LogP contribution in [0.5, 0.6) is 0 Å². The highest BCUT2D eigenvalue weighted by molar-refractivity contribution is 7.85. The van der Waals surface area contributed by atoms with E-state index >= 15 is 0 Å². The van der Waals surface area contributed by atoms with Crippen LogP contribution in [-0.2, 0) is 22.1 Å². The van der Waals surface area contributed by atoms with E-state index in [2.05, 4.69) is 0 Å². The maximum atomic E-state index is 11.7. The molecular weight excluding hydrogens is 441 g/mol. The molecule has 0 aliphatic heterocycles. The Balaban J connectivity index is 2.64. The molecule has 2 aromatic carbocycles. The van der Waals surface area contributed by atoms with E-state index in [1.54, 1.807) is 30.3 Å². The molecule has 1 unspecified atom stereocenters. The fourth-order valence-corrected chi connectivity index (χ4v) is 4.10. The van der Waals surface area contributed by atoms with E-state index in [0.717, 1.165) is 18.2 Å². The van der Waals surface area contributed by atoms with Gasteiger partial charge in [-0.1, -0.05) is 65.1 Å². The molecule has 1 atom stereocenters. The lowest BCUT2D eigenvalue weighted by Crippen LogP contribution is -2.34. The normalized spacial score (nSPS) is 14.6. The van der Waals surface area contributed by atoms with E-state index in [1.165, 1.54) is 0 Å². The van der Waals surface area contributed by atoms with Gasteiger partial charge in [-0.25, -0.2) is 0 Å². The summed E-state index contributed by atoms with van der Waals surface area (Å²) >= 11 is 17.5. The number of nitro groups is 1. The van der Waals surface area contributed by atoms with Crippen LogP contribution in [0, 0.1) is 10.1 Å². The van der Waals surface area contributed by atoms with Crippen molar-refractivity contribution in [2.75, 3.05) is 0 Å². The predicted molar refractivity (Wildman–Crippen MR) is 102 cm³/mol. The van der Waals surface area contributed by atoms with E-state index in [4.69, 9.17) is 34.8 Å². The third-order valence-electron chi connectivity index (χ3n) is 3.82. The largest absolute Gasteiger partial charge is 0.385 e. The van der Waals surface area contributed by atoms with Crippen molar-refractivity contribution in [3.8, 4) is 0 Å². The van der Waals surface area contributed by atoms with Gasteiger partial charge in [-0.3, -0.25) is 14.7 Å². The van der Waals surface area contributed by atoms with Crippen LogP contribution in [0.3, 0.4) is 0 Å². The second-order valence-electron chi connectivity index (χ2n) is 5.89. The molecule has 11 heteroatoms. The number of hydrogen-bond acceptors (Lipinski definition) is 5. The molecule has 7 nitrogen and oxygen atoms in total. The van der Waals surface area contributed by atoms with Crippen molar-refractivity contribution in [1.29, 1.82) is 0 Å². The molecule has 27 heavy (non-hydrogen) atoms. The third kappa shape index (κ3) is 5.78. The lowest BCUT2D eigenvalue weighted by molar-refractivity contribution is -0.385. The Labute approximate surface area is 170 Å². The lowest BCUT2D eigenvalue weighted by atomic mass is 9.84. The number of nitrogens with zero attached hydrogens (tertiary/aromatic N) is 1. The average molecular weight is 455 g/mol. The van der Waals surface area contributed by atoms with Gasteiger partial charge in [0.2, 0.25) is 0 Å². The first-order valence-corrected chi connectivity index (χ1v) is 9.99. The van der Waals surface area contributed by atoms with Crippen LogP contribution in [-0.4, -0.2) is 26.8 Å². The Hall–Kier alpha value is -1.42. The van der Waals surface area contributed by atoms with Crippen LogP contribution in [0.1, 0.15) is 17.5 Å². The maximum absolute atomic E-state index is 11.7. The van der Waals surface area contributed by atoms with Gasteiger partial charge in [0, 0.05) is 25.0 Å². The Morgan fingerprint density at radius 2 is 1.67 bits per heavy atom. The van der Waals surface area contributed by atoms with Crippen LogP contribution >= 0.6 is 34.8 Å². The maximum Gasteiger partial charge on any atom is 0.294 e. The molecule has 0 spiro atoms. The smallest absolute Gasteiger partial charge is 0.294 e. The van der Waals surface area contributed by atoms with E-state index in [1.807, 2.05) is 0 Å². The molecule has 0 radical (unpaired) electrons. The van der Waals surface area contributed by atoms with Gasteiger partial charge in [0.15, 0.2) is 3.79 Å². The molecule has 0 amide bonds.